The molecule has 0 heterocycles. The summed E-state index contributed by atoms with van der Waals surface area (Å²) in [5.41, 5.74) is 2.14. The third-order valence-corrected chi connectivity index (χ3v) is 4.74. The predicted octanol–water partition coefficient (Wildman–Crippen LogP) is 3.55. The van der Waals surface area contributed by atoms with E-state index < -0.39 is 6.04 Å². The van der Waals surface area contributed by atoms with Gasteiger partial charge in [0.05, 0.1) is 19.7 Å². The molecule has 6 nitrogen and oxygen atoms in total. The second-order valence-electron chi connectivity index (χ2n) is 6.27. The summed E-state index contributed by atoms with van der Waals surface area (Å²) in [5, 5.41) is 6.25. The molecule has 0 spiro atoms. The van der Waals surface area contributed by atoms with Gasteiger partial charge in [-0.25, -0.2) is 0 Å². The summed E-state index contributed by atoms with van der Waals surface area (Å²) in [6.45, 7) is 3.67. The minimum absolute atomic E-state index is 0.0785. The molecule has 2 aromatic rings. The first-order valence-electron chi connectivity index (χ1n) is 8.52. The Morgan fingerprint density at radius 1 is 1.15 bits per heavy atom. The number of carbonyl (C=O) groups is 2. The Balaban J connectivity index is 1.91. The van der Waals surface area contributed by atoms with Crippen LogP contribution in [-0.2, 0) is 9.59 Å². The molecule has 0 fully saturated rings. The van der Waals surface area contributed by atoms with Crippen LogP contribution in [-0.4, -0.2) is 43.5 Å². The van der Waals surface area contributed by atoms with Gasteiger partial charge in [-0.2, -0.15) is 0 Å². The van der Waals surface area contributed by atoms with Crippen molar-refractivity contribution in [2.24, 2.45) is 0 Å². The number of methoxy groups -OCH3 is 1. The highest BCUT2D eigenvalue weighted by Gasteiger charge is 2.21. The van der Waals surface area contributed by atoms with E-state index in [1.807, 2.05) is 6.92 Å². The molecule has 0 saturated heterocycles. The lowest BCUT2D eigenvalue weighted by Gasteiger charge is -2.23. The second kappa shape index (κ2) is 9.39. The zero-order valence-corrected chi connectivity index (χ0v) is 16.6. The van der Waals surface area contributed by atoms with Crippen molar-refractivity contribution in [2.45, 2.75) is 19.9 Å². The molecular formula is C20H24ClN3O3. The van der Waals surface area contributed by atoms with Crippen molar-refractivity contribution >= 4 is 34.8 Å². The number of benzene rings is 2. The molecule has 2 amide bonds. The van der Waals surface area contributed by atoms with Gasteiger partial charge in [-0.15, -0.1) is 0 Å². The molecule has 0 aliphatic heterocycles. The molecule has 2 rings (SSSR count). The smallest absolute Gasteiger partial charge is 0.241 e. The normalized spacial score (nSPS) is 11.8. The van der Waals surface area contributed by atoms with Crippen molar-refractivity contribution in [1.29, 1.82) is 0 Å². The third-order valence-electron chi connectivity index (χ3n) is 4.33. The number of hydrogen-bond donors (Lipinski definition) is 2. The lowest BCUT2D eigenvalue weighted by molar-refractivity contribution is -0.122. The van der Waals surface area contributed by atoms with E-state index in [4.69, 9.17) is 16.3 Å². The van der Waals surface area contributed by atoms with Gasteiger partial charge in [-0.3, -0.25) is 14.5 Å². The highest BCUT2D eigenvalue weighted by atomic mass is 35.5. The molecule has 0 aliphatic rings. The van der Waals surface area contributed by atoms with E-state index in [0.717, 1.165) is 5.56 Å². The maximum Gasteiger partial charge on any atom is 0.241 e. The first-order chi connectivity index (χ1) is 12.8. The summed E-state index contributed by atoms with van der Waals surface area (Å²) in [4.78, 5) is 26.4. The monoisotopic (exact) mass is 389 g/mol. The van der Waals surface area contributed by atoms with Crippen molar-refractivity contribution in [3.05, 3.63) is 53.1 Å². The number of anilines is 2. The molecule has 0 saturated carbocycles. The highest BCUT2D eigenvalue weighted by Crippen LogP contribution is 2.23. The van der Waals surface area contributed by atoms with Crippen LogP contribution >= 0.6 is 11.6 Å². The number of hydrogen-bond acceptors (Lipinski definition) is 4. The number of nitrogens with zero attached hydrogens (tertiary/aromatic N) is 1. The fourth-order valence-electron chi connectivity index (χ4n) is 2.42. The van der Waals surface area contributed by atoms with Crippen LogP contribution in [0.25, 0.3) is 0 Å². The Bertz CT molecular complexity index is 809. The van der Waals surface area contributed by atoms with Crippen LogP contribution in [0.1, 0.15) is 12.5 Å². The average molecular weight is 390 g/mol. The molecule has 1 unspecified atom stereocenters. The minimum Gasteiger partial charge on any atom is -0.497 e. The lowest BCUT2D eigenvalue weighted by Crippen LogP contribution is -2.43. The Labute approximate surface area is 164 Å². The second-order valence-corrected chi connectivity index (χ2v) is 6.68. The number of carbonyl (C=O) groups excluding carboxylic acids is 2. The maximum absolute atomic E-state index is 12.5. The SMILES string of the molecule is COc1ccc(NC(=O)CN(C)C(C)C(=O)Nc2cccc(Cl)c2C)cc1. The first-order valence-corrected chi connectivity index (χ1v) is 8.89. The van der Waals surface area contributed by atoms with E-state index in [1.165, 1.54) is 0 Å². The number of ether oxygens (including phenoxy) is 1. The Kier molecular flexibility index (Phi) is 7.21. The molecule has 144 valence electrons. The van der Waals surface area contributed by atoms with Crippen LogP contribution in [0.15, 0.2) is 42.5 Å². The standard InChI is InChI=1S/C20H24ClN3O3/c1-13-17(21)6-5-7-18(13)23-20(26)14(2)24(3)12-19(25)22-15-8-10-16(27-4)11-9-15/h5-11,14H,12H2,1-4H3,(H,22,25)(H,23,26). The van der Waals surface area contributed by atoms with Crippen molar-refractivity contribution < 1.29 is 14.3 Å². The number of nitrogens with one attached hydrogen (secondary N) is 2. The topological polar surface area (TPSA) is 70.7 Å². The van der Waals surface area contributed by atoms with Gasteiger partial charge < -0.3 is 15.4 Å². The Morgan fingerprint density at radius 3 is 2.44 bits per heavy atom. The summed E-state index contributed by atoms with van der Waals surface area (Å²) in [6, 6.07) is 11.9. The fourth-order valence-corrected chi connectivity index (χ4v) is 2.59. The van der Waals surface area contributed by atoms with Crippen molar-refractivity contribution in [3.63, 3.8) is 0 Å². The van der Waals surface area contributed by atoms with E-state index in [2.05, 4.69) is 10.6 Å². The molecule has 0 aliphatic carbocycles. The van der Waals surface area contributed by atoms with Gasteiger partial charge in [0.1, 0.15) is 5.75 Å². The molecule has 2 N–H and O–H groups in total. The summed E-state index contributed by atoms with van der Waals surface area (Å²) in [6.07, 6.45) is 0. The Morgan fingerprint density at radius 2 is 1.81 bits per heavy atom. The third kappa shape index (κ3) is 5.70. The van der Waals surface area contributed by atoms with Crippen LogP contribution in [0.4, 0.5) is 11.4 Å². The number of rotatable bonds is 7. The molecular weight excluding hydrogens is 366 g/mol. The lowest BCUT2D eigenvalue weighted by atomic mass is 10.2. The molecule has 0 bridgehead atoms. The zero-order valence-electron chi connectivity index (χ0n) is 15.9. The Hall–Kier alpha value is -2.57. The van der Waals surface area contributed by atoms with E-state index >= 15 is 0 Å². The molecule has 1 atom stereocenters. The van der Waals surface area contributed by atoms with Gasteiger partial charge in [0, 0.05) is 16.4 Å². The van der Waals surface area contributed by atoms with Gasteiger partial charge in [0.2, 0.25) is 11.8 Å². The van der Waals surface area contributed by atoms with E-state index in [-0.39, 0.29) is 18.4 Å². The van der Waals surface area contributed by atoms with Gasteiger partial charge in [0.25, 0.3) is 0 Å². The summed E-state index contributed by atoms with van der Waals surface area (Å²) in [5.74, 6) is 0.299. The van der Waals surface area contributed by atoms with Crippen LogP contribution in [0.2, 0.25) is 5.02 Å². The van der Waals surface area contributed by atoms with Gasteiger partial charge in [0.15, 0.2) is 0 Å². The highest BCUT2D eigenvalue weighted by molar-refractivity contribution is 6.31. The van der Waals surface area contributed by atoms with Gasteiger partial charge in [-0.05, 0) is 62.9 Å². The van der Waals surface area contributed by atoms with E-state index in [9.17, 15) is 9.59 Å². The maximum atomic E-state index is 12.5. The van der Waals surface area contributed by atoms with Crippen molar-refractivity contribution in [2.75, 3.05) is 31.3 Å². The molecule has 7 heteroatoms. The summed E-state index contributed by atoms with van der Waals surface area (Å²) < 4.78 is 5.09. The fraction of sp³-hybridized carbons (Fsp3) is 0.300. The summed E-state index contributed by atoms with van der Waals surface area (Å²) >= 11 is 6.08. The molecule has 2 aromatic carbocycles. The van der Waals surface area contributed by atoms with Crippen LogP contribution in [0.5, 0.6) is 5.75 Å². The number of likely N-dealkylation sites (N-methyl/N-ethyl adjacent to an activating group) is 1. The predicted molar refractivity (Wildman–Crippen MR) is 109 cm³/mol. The average Bonchev–Trinajstić information content (AvgIpc) is 2.65. The minimum atomic E-state index is -0.495. The number of halogens is 1. The van der Waals surface area contributed by atoms with Crippen molar-refractivity contribution in [3.8, 4) is 5.75 Å². The molecule has 0 radical (unpaired) electrons. The van der Waals surface area contributed by atoms with Crippen LogP contribution in [0.3, 0.4) is 0 Å². The first kappa shape index (κ1) is 20.7. The van der Waals surface area contributed by atoms with Crippen LogP contribution in [0, 0.1) is 6.92 Å². The quantitative estimate of drug-likeness (QED) is 0.759. The largest absolute Gasteiger partial charge is 0.497 e. The molecule has 27 heavy (non-hydrogen) atoms. The summed E-state index contributed by atoms with van der Waals surface area (Å²) in [7, 11) is 3.31. The van der Waals surface area contributed by atoms with Crippen molar-refractivity contribution in [1.82, 2.24) is 4.90 Å². The van der Waals surface area contributed by atoms with E-state index in [1.54, 1.807) is 68.4 Å². The van der Waals surface area contributed by atoms with Crippen LogP contribution < -0.4 is 15.4 Å². The van der Waals surface area contributed by atoms with Gasteiger partial charge >= 0.3 is 0 Å². The molecule has 0 aromatic heterocycles. The van der Waals surface area contributed by atoms with E-state index in [0.29, 0.717) is 22.1 Å². The van der Waals surface area contributed by atoms with Gasteiger partial charge in [-0.1, -0.05) is 17.7 Å². The zero-order chi connectivity index (χ0) is 20.0. The number of amides is 2.